The van der Waals surface area contributed by atoms with E-state index in [1.54, 1.807) is 35.2 Å². The van der Waals surface area contributed by atoms with Crippen LogP contribution in [-0.2, 0) is 14.8 Å². The number of hydrogen-bond acceptors (Lipinski definition) is 5. The smallest absolute Gasteiger partial charge is 0.261 e. The molecule has 1 aliphatic rings. The summed E-state index contributed by atoms with van der Waals surface area (Å²) in [5.41, 5.74) is 0.922. The van der Waals surface area contributed by atoms with Crippen LogP contribution in [0.15, 0.2) is 47.4 Å². The van der Waals surface area contributed by atoms with E-state index >= 15 is 0 Å². The summed E-state index contributed by atoms with van der Waals surface area (Å²) in [6.45, 7) is 2.96. The highest BCUT2D eigenvalue weighted by atomic mass is 32.2. The van der Waals surface area contributed by atoms with Gasteiger partial charge >= 0.3 is 0 Å². The molecule has 7 nitrogen and oxygen atoms in total. The third-order valence-corrected chi connectivity index (χ3v) is 5.64. The number of sulfonamides is 1. The zero-order valence-corrected chi connectivity index (χ0v) is 16.1. The molecular formula is C19H22N2O5S. The minimum Gasteiger partial charge on any atom is -0.495 e. The molecule has 1 saturated heterocycles. The van der Waals surface area contributed by atoms with Gasteiger partial charge in [-0.15, -0.1) is 0 Å². The molecule has 1 N–H and O–H groups in total. The molecule has 8 heteroatoms. The summed E-state index contributed by atoms with van der Waals surface area (Å²) in [5.74, 6) is 1.13. The van der Waals surface area contributed by atoms with Gasteiger partial charge in [-0.2, -0.15) is 0 Å². The van der Waals surface area contributed by atoms with Crippen LogP contribution in [0.3, 0.4) is 0 Å². The average molecular weight is 390 g/mol. The largest absolute Gasteiger partial charge is 0.495 e. The van der Waals surface area contributed by atoms with E-state index in [2.05, 4.69) is 4.72 Å². The molecule has 1 fully saturated rings. The van der Waals surface area contributed by atoms with E-state index in [-0.39, 0.29) is 10.8 Å². The van der Waals surface area contributed by atoms with Crippen LogP contribution in [0.2, 0.25) is 0 Å². The van der Waals surface area contributed by atoms with Gasteiger partial charge in [0.15, 0.2) is 0 Å². The lowest BCUT2D eigenvalue weighted by molar-refractivity contribution is -0.117. The minimum absolute atomic E-state index is 0.000167. The fraction of sp³-hybridized carbons (Fsp3) is 0.316. The topological polar surface area (TPSA) is 84.9 Å². The number of methoxy groups -OCH3 is 1. The lowest BCUT2D eigenvalue weighted by atomic mass is 10.2. The monoisotopic (exact) mass is 390 g/mol. The summed E-state index contributed by atoms with van der Waals surface area (Å²) in [6, 6.07) is 11.1. The first-order chi connectivity index (χ1) is 12.9. The zero-order chi connectivity index (χ0) is 19.4. The van der Waals surface area contributed by atoms with E-state index in [1.807, 2.05) is 6.92 Å². The summed E-state index contributed by atoms with van der Waals surface area (Å²) in [5, 5.41) is 0. The highest BCUT2D eigenvalue weighted by molar-refractivity contribution is 7.92. The van der Waals surface area contributed by atoms with E-state index in [0.29, 0.717) is 42.4 Å². The standard InChI is InChI=1S/C19H22N2O5S/c1-3-26-15-7-9-16(10-8-15)27(23,24)20-14-6-11-18(25-2)17(13-14)21-12-4-5-19(21)22/h6-11,13,20H,3-5,12H2,1-2H3. The normalized spacial score (nSPS) is 14.3. The van der Waals surface area contributed by atoms with Gasteiger partial charge in [-0.3, -0.25) is 9.52 Å². The second-order valence-corrected chi connectivity index (χ2v) is 7.73. The predicted octanol–water partition coefficient (Wildman–Crippen LogP) is 3.02. The van der Waals surface area contributed by atoms with Crippen LogP contribution in [0.25, 0.3) is 0 Å². The summed E-state index contributed by atoms with van der Waals surface area (Å²) >= 11 is 0. The Bertz CT molecular complexity index is 926. The van der Waals surface area contributed by atoms with Crippen LogP contribution < -0.4 is 19.1 Å². The molecule has 0 saturated carbocycles. The number of ether oxygens (including phenoxy) is 2. The molecule has 0 aromatic heterocycles. The molecule has 27 heavy (non-hydrogen) atoms. The van der Waals surface area contributed by atoms with Crippen molar-refractivity contribution in [3.8, 4) is 11.5 Å². The van der Waals surface area contributed by atoms with Gasteiger partial charge in [0, 0.05) is 13.0 Å². The maximum Gasteiger partial charge on any atom is 0.261 e. The molecule has 2 aromatic carbocycles. The summed E-state index contributed by atoms with van der Waals surface area (Å²) in [6.07, 6.45) is 1.25. The second kappa shape index (κ2) is 7.87. The van der Waals surface area contributed by atoms with Gasteiger partial charge in [0.25, 0.3) is 10.0 Å². The van der Waals surface area contributed by atoms with Gasteiger partial charge in [-0.25, -0.2) is 8.42 Å². The Morgan fingerprint density at radius 1 is 1.15 bits per heavy atom. The maximum absolute atomic E-state index is 12.7. The molecule has 0 bridgehead atoms. The molecule has 0 atom stereocenters. The minimum atomic E-state index is -3.77. The number of nitrogens with one attached hydrogen (secondary N) is 1. The Morgan fingerprint density at radius 3 is 2.48 bits per heavy atom. The molecule has 1 aliphatic heterocycles. The number of nitrogens with zero attached hydrogens (tertiary/aromatic N) is 1. The Labute approximate surface area is 158 Å². The van der Waals surface area contributed by atoms with E-state index in [4.69, 9.17) is 9.47 Å². The van der Waals surface area contributed by atoms with Gasteiger partial charge in [0.05, 0.1) is 30.0 Å². The fourth-order valence-corrected chi connectivity index (χ4v) is 4.01. The third-order valence-electron chi connectivity index (χ3n) is 4.24. The van der Waals surface area contributed by atoms with Crippen LogP contribution in [0, 0.1) is 0 Å². The van der Waals surface area contributed by atoms with Gasteiger partial charge in [0.1, 0.15) is 11.5 Å². The molecule has 1 amide bonds. The molecule has 2 aromatic rings. The number of carbonyl (C=O) groups is 1. The fourth-order valence-electron chi connectivity index (χ4n) is 2.96. The van der Waals surface area contributed by atoms with Crippen molar-refractivity contribution in [1.82, 2.24) is 0 Å². The first-order valence-electron chi connectivity index (χ1n) is 8.68. The highest BCUT2D eigenvalue weighted by Crippen LogP contribution is 2.34. The van der Waals surface area contributed by atoms with Crippen molar-refractivity contribution in [2.75, 3.05) is 29.9 Å². The Kier molecular flexibility index (Phi) is 5.55. The molecule has 3 rings (SSSR count). The van der Waals surface area contributed by atoms with Crippen LogP contribution in [0.4, 0.5) is 11.4 Å². The number of anilines is 2. The van der Waals surface area contributed by atoms with E-state index in [0.717, 1.165) is 6.42 Å². The van der Waals surface area contributed by atoms with Crippen LogP contribution in [0.1, 0.15) is 19.8 Å². The summed E-state index contributed by atoms with van der Waals surface area (Å²) in [7, 11) is -2.25. The average Bonchev–Trinajstić information content (AvgIpc) is 3.08. The van der Waals surface area contributed by atoms with Crippen LogP contribution in [0.5, 0.6) is 11.5 Å². The van der Waals surface area contributed by atoms with Gasteiger partial charge in [-0.05, 0) is 55.8 Å². The summed E-state index contributed by atoms with van der Waals surface area (Å²) in [4.78, 5) is 13.8. The third kappa shape index (κ3) is 4.16. The number of carbonyl (C=O) groups excluding carboxylic acids is 1. The van der Waals surface area contributed by atoms with Crippen molar-refractivity contribution in [3.05, 3.63) is 42.5 Å². The van der Waals surface area contributed by atoms with Gasteiger partial charge < -0.3 is 14.4 Å². The van der Waals surface area contributed by atoms with Gasteiger partial charge in [-0.1, -0.05) is 0 Å². The molecule has 0 aliphatic carbocycles. The Balaban J connectivity index is 1.87. The van der Waals surface area contributed by atoms with Crippen molar-refractivity contribution in [3.63, 3.8) is 0 Å². The quantitative estimate of drug-likeness (QED) is 0.786. The molecule has 144 valence electrons. The number of hydrogen-bond donors (Lipinski definition) is 1. The van der Waals surface area contributed by atoms with Crippen molar-refractivity contribution in [2.45, 2.75) is 24.7 Å². The number of rotatable bonds is 7. The lowest BCUT2D eigenvalue weighted by Gasteiger charge is -2.20. The maximum atomic E-state index is 12.7. The first-order valence-corrected chi connectivity index (χ1v) is 10.2. The summed E-state index contributed by atoms with van der Waals surface area (Å²) < 4.78 is 38.5. The van der Waals surface area contributed by atoms with Crippen molar-refractivity contribution in [1.29, 1.82) is 0 Å². The van der Waals surface area contributed by atoms with Crippen molar-refractivity contribution < 1.29 is 22.7 Å². The van der Waals surface area contributed by atoms with E-state index in [1.165, 1.54) is 19.2 Å². The predicted molar refractivity (Wildman–Crippen MR) is 103 cm³/mol. The van der Waals surface area contributed by atoms with Gasteiger partial charge in [0.2, 0.25) is 5.91 Å². The highest BCUT2D eigenvalue weighted by Gasteiger charge is 2.25. The van der Waals surface area contributed by atoms with Crippen LogP contribution in [-0.4, -0.2) is 34.6 Å². The number of amides is 1. The zero-order valence-electron chi connectivity index (χ0n) is 15.3. The SMILES string of the molecule is CCOc1ccc(S(=O)(=O)Nc2ccc(OC)c(N3CCCC3=O)c2)cc1. The molecule has 0 spiro atoms. The molecule has 0 unspecified atom stereocenters. The first kappa shape index (κ1) is 19.0. The Hall–Kier alpha value is -2.74. The Morgan fingerprint density at radius 2 is 1.89 bits per heavy atom. The molecule has 0 radical (unpaired) electrons. The lowest BCUT2D eigenvalue weighted by Crippen LogP contribution is -2.24. The van der Waals surface area contributed by atoms with Crippen molar-refractivity contribution >= 4 is 27.3 Å². The van der Waals surface area contributed by atoms with Crippen LogP contribution >= 0.6 is 0 Å². The number of benzene rings is 2. The molecule has 1 heterocycles. The molecular weight excluding hydrogens is 368 g/mol. The van der Waals surface area contributed by atoms with E-state index < -0.39 is 10.0 Å². The van der Waals surface area contributed by atoms with Crippen molar-refractivity contribution in [2.24, 2.45) is 0 Å². The van der Waals surface area contributed by atoms with E-state index in [9.17, 15) is 13.2 Å². The second-order valence-electron chi connectivity index (χ2n) is 6.05.